The van der Waals surface area contributed by atoms with Crippen LogP contribution in [0.1, 0.15) is 24.0 Å². The Hall–Kier alpha value is -1.98. The SMILES string of the molecule is COC1=CC2=C(C[C@H]1O)C1Cc3ccc(OC)c(OC)c3CN1CC2. The highest BCUT2D eigenvalue weighted by Crippen LogP contribution is 2.43. The third-order valence-corrected chi connectivity index (χ3v) is 5.74. The fourth-order valence-electron chi connectivity index (χ4n) is 4.47. The molecule has 0 spiro atoms. The zero-order valence-corrected chi connectivity index (χ0v) is 15.0. The van der Waals surface area contributed by atoms with E-state index in [9.17, 15) is 5.11 Å². The topological polar surface area (TPSA) is 51.2 Å². The lowest BCUT2D eigenvalue weighted by Gasteiger charge is -2.44. The van der Waals surface area contributed by atoms with Gasteiger partial charge in [-0.25, -0.2) is 0 Å². The molecule has 1 aromatic carbocycles. The van der Waals surface area contributed by atoms with Crippen molar-refractivity contribution in [1.29, 1.82) is 0 Å². The van der Waals surface area contributed by atoms with Gasteiger partial charge in [0.15, 0.2) is 11.5 Å². The molecule has 0 saturated carbocycles. The number of nitrogens with zero attached hydrogens (tertiary/aromatic N) is 1. The largest absolute Gasteiger partial charge is 0.498 e. The van der Waals surface area contributed by atoms with Crippen LogP contribution in [0.15, 0.2) is 35.1 Å². The minimum atomic E-state index is -0.532. The second-order valence-corrected chi connectivity index (χ2v) is 6.90. The average molecular weight is 343 g/mol. The van der Waals surface area contributed by atoms with Gasteiger partial charge in [0.2, 0.25) is 0 Å². The molecule has 2 aliphatic heterocycles. The summed E-state index contributed by atoms with van der Waals surface area (Å²) in [5.74, 6) is 2.33. The van der Waals surface area contributed by atoms with E-state index in [1.165, 1.54) is 22.3 Å². The van der Waals surface area contributed by atoms with Crippen molar-refractivity contribution in [3.05, 3.63) is 46.2 Å². The quantitative estimate of drug-likeness (QED) is 0.913. The van der Waals surface area contributed by atoms with Crippen LogP contribution in [0.5, 0.6) is 11.5 Å². The highest BCUT2D eigenvalue weighted by Gasteiger charge is 2.37. The Morgan fingerprint density at radius 2 is 1.92 bits per heavy atom. The summed E-state index contributed by atoms with van der Waals surface area (Å²) in [5, 5.41) is 10.4. The van der Waals surface area contributed by atoms with Crippen molar-refractivity contribution in [3.63, 3.8) is 0 Å². The monoisotopic (exact) mass is 343 g/mol. The molecule has 0 saturated heterocycles. The third-order valence-electron chi connectivity index (χ3n) is 5.74. The zero-order chi connectivity index (χ0) is 17.6. The van der Waals surface area contributed by atoms with Crippen LogP contribution in [0.3, 0.4) is 0 Å². The van der Waals surface area contributed by atoms with Crippen molar-refractivity contribution < 1.29 is 19.3 Å². The molecule has 1 aliphatic carbocycles. The van der Waals surface area contributed by atoms with E-state index in [2.05, 4.69) is 11.0 Å². The third kappa shape index (κ3) is 2.62. The van der Waals surface area contributed by atoms with Crippen molar-refractivity contribution in [2.45, 2.75) is 38.0 Å². The van der Waals surface area contributed by atoms with Crippen LogP contribution >= 0.6 is 0 Å². The molecule has 134 valence electrons. The first-order valence-electron chi connectivity index (χ1n) is 8.78. The number of benzene rings is 1. The molecule has 1 N–H and O–H groups in total. The van der Waals surface area contributed by atoms with Crippen LogP contribution in [0, 0.1) is 0 Å². The van der Waals surface area contributed by atoms with Crippen molar-refractivity contribution >= 4 is 0 Å². The van der Waals surface area contributed by atoms with E-state index < -0.39 is 6.10 Å². The lowest BCUT2D eigenvalue weighted by Crippen LogP contribution is -2.46. The lowest BCUT2D eigenvalue weighted by molar-refractivity contribution is 0.110. The first-order valence-corrected chi connectivity index (χ1v) is 8.78. The fourth-order valence-corrected chi connectivity index (χ4v) is 4.47. The maximum atomic E-state index is 10.4. The Balaban J connectivity index is 1.72. The summed E-state index contributed by atoms with van der Waals surface area (Å²) >= 11 is 0. The first kappa shape index (κ1) is 16.5. The fraction of sp³-hybridized carbons (Fsp3) is 0.500. The van der Waals surface area contributed by atoms with Crippen LogP contribution in [-0.2, 0) is 17.7 Å². The van der Waals surface area contributed by atoms with Gasteiger partial charge in [-0.1, -0.05) is 6.07 Å². The first-order chi connectivity index (χ1) is 12.2. The summed E-state index contributed by atoms with van der Waals surface area (Å²) in [4.78, 5) is 2.50. The molecule has 1 aromatic rings. The van der Waals surface area contributed by atoms with Gasteiger partial charge >= 0.3 is 0 Å². The maximum Gasteiger partial charge on any atom is 0.165 e. The molecule has 5 heteroatoms. The van der Waals surface area contributed by atoms with E-state index in [1.54, 1.807) is 21.3 Å². The summed E-state index contributed by atoms with van der Waals surface area (Å²) in [7, 11) is 5.01. The Kier molecular flexibility index (Phi) is 4.21. The number of hydrogen-bond acceptors (Lipinski definition) is 5. The smallest absolute Gasteiger partial charge is 0.165 e. The van der Waals surface area contributed by atoms with Crippen LogP contribution in [0.4, 0.5) is 0 Å². The summed E-state index contributed by atoms with van der Waals surface area (Å²) in [6.45, 7) is 1.86. The normalized spacial score (nSPS) is 25.5. The second kappa shape index (κ2) is 6.39. The Labute approximate surface area is 148 Å². The van der Waals surface area contributed by atoms with Crippen LogP contribution in [-0.4, -0.2) is 50.0 Å². The second-order valence-electron chi connectivity index (χ2n) is 6.90. The minimum Gasteiger partial charge on any atom is -0.498 e. The van der Waals surface area contributed by atoms with E-state index in [1.807, 2.05) is 12.1 Å². The highest BCUT2D eigenvalue weighted by molar-refractivity contribution is 5.53. The molecular formula is C20H25NO4. The zero-order valence-electron chi connectivity index (χ0n) is 15.0. The number of hydrogen-bond donors (Lipinski definition) is 1. The molecule has 2 heterocycles. The van der Waals surface area contributed by atoms with Gasteiger partial charge in [-0.05, 0) is 41.7 Å². The van der Waals surface area contributed by atoms with Gasteiger partial charge < -0.3 is 19.3 Å². The Morgan fingerprint density at radius 3 is 2.64 bits per heavy atom. The molecule has 0 fully saturated rings. The standard InChI is InChI=1S/C20H25NO4/c1-23-18-5-4-12-8-16-14-10-17(22)19(24-2)9-13(14)6-7-21(16)11-15(12)20(18)25-3/h4-5,9,16-17,22H,6-8,10-11H2,1-3H3/t16?,17-/m1/s1. The molecule has 1 unspecified atom stereocenters. The van der Waals surface area contributed by atoms with Crippen LogP contribution in [0.25, 0.3) is 0 Å². The van der Waals surface area contributed by atoms with Crippen molar-refractivity contribution in [1.82, 2.24) is 4.90 Å². The molecule has 0 aromatic heterocycles. The predicted molar refractivity (Wildman–Crippen MR) is 94.8 cm³/mol. The summed E-state index contributed by atoms with van der Waals surface area (Å²) in [5.41, 5.74) is 5.24. The Bertz CT molecular complexity index is 752. The molecule has 0 amide bonds. The number of methoxy groups -OCH3 is 3. The number of fused-ring (bicyclic) bond motifs is 3. The number of ether oxygens (including phenoxy) is 3. The number of aliphatic hydroxyl groups excluding tert-OH is 1. The van der Waals surface area contributed by atoms with Gasteiger partial charge in [-0.3, -0.25) is 4.90 Å². The molecule has 3 aliphatic rings. The molecular weight excluding hydrogens is 318 g/mol. The predicted octanol–water partition coefficient (Wildman–Crippen LogP) is 2.43. The van der Waals surface area contributed by atoms with Crippen LogP contribution < -0.4 is 9.47 Å². The summed E-state index contributed by atoms with van der Waals surface area (Å²) in [6.07, 6.45) is 4.12. The van der Waals surface area contributed by atoms with E-state index in [-0.39, 0.29) is 0 Å². The minimum absolute atomic E-state index is 0.346. The van der Waals surface area contributed by atoms with Gasteiger partial charge in [0, 0.05) is 31.1 Å². The van der Waals surface area contributed by atoms with Crippen molar-refractivity contribution in [2.24, 2.45) is 0 Å². The van der Waals surface area contributed by atoms with E-state index in [0.717, 1.165) is 37.4 Å². The van der Waals surface area contributed by atoms with Gasteiger partial charge in [0.1, 0.15) is 11.9 Å². The van der Waals surface area contributed by atoms with Crippen molar-refractivity contribution in [2.75, 3.05) is 27.9 Å². The highest BCUT2D eigenvalue weighted by atomic mass is 16.5. The number of aliphatic hydroxyl groups is 1. The maximum absolute atomic E-state index is 10.4. The molecule has 0 radical (unpaired) electrons. The lowest BCUT2D eigenvalue weighted by atomic mass is 9.79. The Morgan fingerprint density at radius 1 is 1.08 bits per heavy atom. The number of allylic oxidation sites excluding steroid dienone is 1. The van der Waals surface area contributed by atoms with Gasteiger partial charge in [0.05, 0.1) is 21.3 Å². The van der Waals surface area contributed by atoms with Crippen LogP contribution in [0.2, 0.25) is 0 Å². The van der Waals surface area contributed by atoms with Gasteiger partial charge in [-0.15, -0.1) is 0 Å². The summed E-state index contributed by atoms with van der Waals surface area (Å²) < 4.78 is 16.4. The van der Waals surface area contributed by atoms with Crippen molar-refractivity contribution in [3.8, 4) is 11.5 Å². The molecule has 25 heavy (non-hydrogen) atoms. The molecule has 0 bridgehead atoms. The molecule has 2 atom stereocenters. The average Bonchev–Trinajstić information content (AvgIpc) is 2.65. The molecule has 4 rings (SSSR count). The van der Waals surface area contributed by atoms with Gasteiger partial charge in [0.25, 0.3) is 0 Å². The van der Waals surface area contributed by atoms with E-state index >= 15 is 0 Å². The van der Waals surface area contributed by atoms with Gasteiger partial charge in [-0.2, -0.15) is 0 Å². The summed E-state index contributed by atoms with van der Waals surface area (Å²) in [6, 6.07) is 4.49. The number of rotatable bonds is 3. The molecule has 5 nitrogen and oxygen atoms in total. The van der Waals surface area contributed by atoms with E-state index in [4.69, 9.17) is 14.2 Å². The van der Waals surface area contributed by atoms with E-state index in [0.29, 0.717) is 18.2 Å².